The van der Waals surface area contributed by atoms with E-state index in [1.165, 1.54) is 0 Å². The number of rotatable bonds is 6. The Kier molecular flexibility index (Phi) is 6.52. The molecule has 0 aromatic rings. The molecule has 0 aromatic heterocycles. The first-order chi connectivity index (χ1) is 8.19. The molecule has 1 unspecified atom stereocenters. The van der Waals surface area contributed by atoms with Gasteiger partial charge in [0.2, 0.25) is 0 Å². The molecule has 1 atom stereocenters. The Morgan fingerprint density at radius 3 is 2.65 bits per heavy atom. The number of aliphatic hydroxyl groups is 1. The third-order valence-electron chi connectivity index (χ3n) is 3.54. The van der Waals surface area contributed by atoms with E-state index in [0.717, 1.165) is 38.8 Å². The number of esters is 1. The average molecular weight is 243 g/mol. The van der Waals surface area contributed by atoms with Gasteiger partial charge in [-0.2, -0.15) is 0 Å². The topological polar surface area (TPSA) is 49.8 Å². The Balaban J connectivity index is 2.27. The lowest BCUT2D eigenvalue weighted by Crippen LogP contribution is -2.45. The number of ether oxygens (including phenoxy) is 1. The first-order valence-corrected chi connectivity index (χ1v) is 6.70. The van der Waals surface area contributed by atoms with Gasteiger partial charge in [-0.1, -0.05) is 13.3 Å². The smallest absolute Gasteiger partial charge is 0.323 e. The van der Waals surface area contributed by atoms with E-state index < -0.39 is 0 Å². The molecule has 1 aliphatic rings. The fourth-order valence-electron chi connectivity index (χ4n) is 2.11. The second kappa shape index (κ2) is 7.67. The zero-order valence-corrected chi connectivity index (χ0v) is 11.0. The van der Waals surface area contributed by atoms with Crippen molar-refractivity contribution in [2.24, 2.45) is 5.92 Å². The summed E-state index contributed by atoms with van der Waals surface area (Å²) in [5.74, 6) is 0.301. The quantitative estimate of drug-likeness (QED) is 0.566. The molecule has 100 valence electrons. The molecule has 1 N–H and O–H groups in total. The van der Waals surface area contributed by atoms with Gasteiger partial charge in [0.05, 0.1) is 6.61 Å². The summed E-state index contributed by atoms with van der Waals surface area (Å²) in [5.41, 5.74) is 0. The van der Waals surface area contributed by atoms with Crippen LogP contribution in [0.2, 0.25) is 0 Å². The molecule has 0 radical (unpaired) electrons. The number of hydrogen-bond donors (Lipinski definition) is 1. The van der Waals surface area contributed by atoms with Crippen LogP contribution in [-0.4, -0.2) is 48.3 Å². The maximum absolute atomic E-state index is 11.8. The van der Waals surface area contributed by atoms with Gasteiger partial charge in [0.15, 0.2) is 0 Å². The standard InChI is InChI=1S/C13H25NO3/c1-3-4-9-17-13(16)11(2)14-7-5-12(10-15)6-8-14/h11-12,15H,3-10H2,1-2H3. The van der Waals surface area contributed by atoms with Crippen molar-refractivity contribution in [3.63, 3.8) is 0 Å². The van der Waals surface area contributed by atoms with Gasteiger partial charge >= 0.3 is 5.97 Å². The highest BCUT2D eigenvalue weighted by atomic mass is 16.5. The highest BCUT2D eigenvalue weighted by Crippen LogP contribution is 2.18. The summed E-state index contributed by atoms with van der Waals surface area (Å²) < 4.78 is 5.22. The lowest BCUT2D eigenvalue weighted by molar-refractivity contribution is -0.150. The van der Waals surface area contributed by atoms with Crippen LogP contribution in [0.3, 0.4) is 0 Å². The highest BCUT2D eigenvalue weighted by Gasteiger charge is 2.26. The van der Waals surface area contributed by atoms with Gasteiger partial charge in [0, 0.05) is 6.61 Å². The number of nitrogens with zero attached hydrogens (tertiary/aromatic N) is 1. The largest absolute Gasteiger partial charge is 0.465 e. The van der Waals surface area contributed by atoms with E-state index in [1.54, 1.807) is 0 Å². The summed E-state index contributed by atoms with van der Waals surface area (Å²) in [7, 11) is 0. The molecular formula is C13H25NO3. The lowest BCUT2D eigenvalue weighted by Gasteiger charge is -2.34. The Bertz CT molecular complexity index is 225. The van der Waals surface area contributed by atoms with E-state index in [1.807, 2.05) is 6.92 Å². The van der Waals surface area contributed by atoms with E-state index in [-0.39, 0.29) is 18.6 Å². The van der Waals surface area contributed by atoms with Gasteiger partial charge in [-0.15, -0.1) is 0 Å². The van der Waals surface area contributed by atoms with Crippen LogP contribution in [0.4, 0.5) is 0 Å². The van der Waals surface area contributed by atoms with E-state index in [0.29, 0.717) is 12.5 Å². The molecule has 0 amide bonds. The highest BCUT2D eigenvalue weighted by molar-refractivity contribution is 5.75. The number of aliphatic hydroxyl groups excluding tert-OH is 1. The minimum atomic E-state index is -0.147. The Labute approximate surface area is 104 Å². The van der Waals surface area contributed by atoms with Gasteiger partial charge in [-0.25, -0.2) is 0 Å². The molecule has 0 bridgehead atoms. The van der Waals surface area contributed by atoms with Crippen LogP contribution in [0.25, 0.3) is 0 Å². The van der Waals surface area contributed by atoms with Crippen LogP contribution in [0, 0.1) is 5.92 Å². The molecule has 1 heterocycles. The number of hydrogen-bond acceptors (Lipinski definition) is 4. The van der Waals surface area contributed by atoms with Gasteiger partial charge in [-0.3, -0.25) is 9.69 Å². The monoisotopic (exact) mass is 243 g/mol. The molecule has 1 rings (SSSR count). The van der Waals surface area contributed by atoms with Crippen molar-refractivity contribution >= 4 is 5.97 Å². The zero-order chi connectivity index (χ0) is 12.7. The first-order valence-electron chi connectivity index (χ1n) is 6.70. The third-order valence-corrected chi connectivity index (χ3v) is 3.54. The minimum Gasteiger partial charge on any atom is -0.465 e. The van der Waals surface area contributed by atoms with E-state index in [2.05, 4.69) is 11.8 Å². The van der Waals surface area contributed by atoms with Crippen LogP contribution >= 0.6 is 0 Å². The molecule has 17 heavy (non-hydrogen) atoms. The normalized spacial score (nSPS) is 20.2. The fraction of sp³-hybridized carbons (Fsp3) is 0.923. The molecule has 1 aliphatic heterocycles. The number of likely N-dealkylation sites (tertiary alicyclic amines) is 1. The molecule has 1 saturated heterocycles. The summed E-state index contributed by atoms with van der Waals surface area (Å²) in [4.78, 5) is 13.9. The van der Waals surface area contributed by atoms with Gasteiger partial charge < -0.3 is 9.84 Å². The molecule has 0 aromatic carbocycles. The molecule has 4 nitrogen and oxygen atoms in total. The van der Waals surface area contributed by atoms with Crippen molar-refractivity contribution in [3.05, 3.63) is 0 Å². The van der Waals surface area contributed by atoms with Crippen molar-refractivity contribution in [2.45, 2.75) is 45.6 Å². The number of unbranched alkanes of at least 4 members (excludes halogenated alkanes) is 1. The number of piperidine rings is 1. The Hall–Kier alpha value is -0.610. The summed E-state index contributed by atoms with van der Waals surface area (Å²) in [6.07, 6.45) is 3.93. The van der Waals surface area contributed by atoms with Gasteiger partial charge in [-0.05, 0) is 45.2 Å². The van der Waals surface area contributed by atoms with Crippen molar-refractivity contribution < 1.29 is 14.6 Å². The van der Waals surface area contributed by atoms with Crippen LogP contribution in [-0.2, 0) is 9.53 Å². The number of carbonyl (C=O) groups is 1. The Morgan fingerprint density at radius 2 is 2.12 bits per heavy atom. The summed E-state index contributed by atoms with van der Waals surface area (Å²) in [6.45, 7) is 6.56. The zero-order valence-electron chi connectivity index (χ0n) is 11.0. The predicted octanol–water partition coefficient (Wildman–Crippen LogP) is 1.42. The molecule has 0 spiro atoms. The second-order valence-corrected chi connectivity index (χ2v) is 4.86. The molecule has 4 heteroatoms. The van der Waals surface area contributed by atoms with Crippen molar-refractivity contribution in [1.82, 2.24) is 4.90 Å². The van der Waals surface area contributed by atoms with Crippen LogP contribution in [0.15, 0.2) is 0 Å². The van der Waals surface area contributed by atoms with Crippen LogP contribution in [0.1, 0.15) is 39.5 Å². The minimum absolute atomic E-state index is 0.110. The molecule has 0 aliphatic carbocycles. The average Bonchev–Trinajstić information content (AvgIpc) is 2.38. The lowest BCUT2D eigenvalue weighted by atomic mass is 9.97. The molecule has 0 saturated carbocycles. The summed E-state index contributed by atoms with van der Waals surface area (Å²) >= 11 is 0. The second-order valence-electron chi connectivity index (χ2n) is 4.86. The van der Waals surface area contributed by atoms with Crippen LogP contribution in [0.5, 0.6) is 0 Å². The molecular weight excluding hydrogens is 218 g/mol. The maximum Gasteiger partial charge on any atom is 0.323 e. The Morgan fingerprint density at radius 1 is 1.47 bits per heavy atom. The van der Waals surface area contributed by atoms with E-state index in [4.69, 9.17) is 9.84 Å². The van der Waals surface area contributed by atoms with Gasteiger partial charge in [0.1, 0.15) is 6.04 Å². The summed E-state index contributed by atoms with van der Waals surface area (Å²) in [6, 6.07) is -0.147. The summed E-state index contributed by atoms with van der Waals surface area (Å²) in [5, 5.41) is 9.06. The van der Waals surface area contributed by atoms with Crippen LogP contribution < -0.4 is 0 Å². The maximum atomic E-state index is 11.8. The van der Waals surface area contributed by atoms with E-state index in [9.17, 15) is 4.79 Å². The van der Waals surface area contributed by atoms with Crippen molar-refractivity contribution in [1.29, 1.82) is 0 Å². The third kappa shape index (κ3) is 4.64. The SMILES string of the molecule is CCCCOC(=O)C(C)N1CCC(CO)CC1. The van der Waals surface area contributed by atoms with Crippen molar-refractivity contribution in [2.75, 3.05) is 26.3 Å². The van der Waals surface area contributed by atoms with Gasteiger partial charge in [0.25, 0.3) is 0 Å². The molecule has 1 fully saturated rings. The number of carbonyl (C=O) groups excluding carboxylic acids is 1. The fourth-order valence-corrected chi connectivity index (χ4v) is 2.11. The van der Waals surface area contributed by atoms with Crippen molar-refractivity contribution in [3.8, 4) is 0 Å². The predicted molar refractivity (Wildman–Crippen MR) is 66.7 cm³/mol. The van der Waals surface area contributed by atoms with E-state index >= 15 is 0 Å². The first kappa shape index (κ1) is 14.5.